The Labute approximate surface area is 106 Å². The van der Waals surface area contributed by atoms with E-state index in [1.807, 2.05) is 0 Å². The second kappa shape index (κ2) is 4.15. The lowest BCUT2D eigenvalue weighted by atomic mass is 9.92. The van der Waals surface area contributed by atoms with Gasteiger partial charge in [-0.1, -0.05) is 65.0 Å². The number of rotatable bonds is 4. The molecule has 2 rings (SSSR count). The highest BCUT2D eigenvalue weighted by molar-refractivity contribution is 5.16. The fraction of sp³-hybridized carbons (Fsp3) is 0.647. The van der Waals surface area contributed by atoms with E-state index in [-0.39, 0.29) is 0 Å². The second-order valence-electron chi connectivity index (χ2n) is 6.92. The van der Waals surface area contributed by atoms with Gasteiger partial charge >= 0.3 is 0 Å². The Hall–Kier alpha value is -0.780. The zero-order chi connectivity index (χ0) is 12.7. The lowest BCUT2D eigenvalue weighted by Gasteiger charge is -2.13. The summed E-state index contributed by atoms with van der Waals surface area (Å²) in [5, 5.41) is 0. The molecular weight excluding hydrogens is 204 g/mol. The molecule has 0 spiro atoms. The molecule has 1 unspecified atom stereocenters. The van der Waals surface area contributed by atoms with E-state index in [2.05, 4.69) is 65.0 Å². The molecule has 1 aromatic rings. The first-order chi connectivity index (χ1) is 7.87. The van der Waals surface area contributed by atoms with Gasteiger partial charge in [0, 0.05) is 0 Å². The van der Waals surface area contributed by atoms with Gasteiger partial charge in [-0.2, -0.15) is 0 Å². The molecule has 17 heavy (non-hydrogen) atoms. The van der Waals surface area contributed by atoms with E-state index >= 15 is 0 Å². The molecule has 0 amide bonds. The zero-order valence-corrected chi connectivity index (χ0v) is 12.0. The van der Waals surface area contributed by atoms with Crippen LogP contribution >= 0.6 is 0 Å². The highest BCUT2D eigenvalue weighted by Crippen LogP contribution is 2.71. The van der Waals surface area contributed by atoms with E-state index in [0.29, 0.717) is 10.8 Å². The maximum absolute atomic E-state index is 2.43. The summed E-state index contributed by atoms with van der Waals surface area (Å²) in [7, 11) is 0. The first-order valence-electron chi connectivity index (χ1n) is 6.91. The third-order valence-corrected chi connectivity index (χ3v) is 5.43. The van der Waals surface area contributed by atoms with Crippen LogP contribution in [-0.4, -0.2) is 0 Å². The topological polar surface area (TPSA) is 0 Å². The smallest absolute Gasteiger partial charge is 0.0264 e. The summed E-state index contributed by atoms with van der Waals surface area (Å²) in [4.78, 5) is 0. The lowest BCUT2D eigenvalue weighted by Crippen LogP contribution is -2.05. The molecule has 0 radical (unpaired) electrons. The van der Waals surface area contributed by atoms with Crippen molar-refractivity contribution in [2.45, 2.75) is 47.5 Å². The van der Waals surface area contributed by atoms with Crippen molar-refractivity contribution in [1.29, 1.82) is 0 Å². The third kappa shape index (κ3) is 2.14. The summed E-state index contributed by atoms with van der Waals surface area (Å²) in [6.07, 6.45) is 2.55. The van der Waals surface area contributed by atoms with E-state index in [1.54, 1.807) is 0 Å². The molecule has 1 saturated carbocycles. The molecule has 0 aromatic heterocycles. The van der Waals surface area contributed by atoms with E-state index < -0.39 is 0 Å². The molecule has 0 N–H and O–H groups in total. The van der Waals surface area contributed by atoms with E-state index in [1.165, 1.54) is 18.4 Å². The fourth-order valence-corrected chi connectivity index (χ4v) is 3.88. The predicted molar refractivity (Wildman–Crippen MR) is 75.0 cm³/mol. The molecular formula is C17H26. The van der Waals surface area contributed by atoms with Crippen molar-refractivity contribution in [1.82, 2.24) is 0 Å². The quantitative estimate of drug-likeness (QED) is 0.687. The molecule has 1 fully saturated rings. The van der Waals surface area contributed by atoms with Crippen molar-refractivity contribution in [3.8, 4) is 0 Å². The Kier molecular flexibility index (Phi) is 3.10. The Morgan fingerprint density at radius 3 is 2.00 bits per heavy atom. The van der Waals surface area contributed by atoms with Gasteiger partial charge in [-0.05, 0) is 41.1 Å². The summed E-state index contributed by atoms with van der Waals surface area (Å²) < 4.78 is 0. The summed E-state index contributed by atoms with van der Waals surface area (Å²) in [6, 6.07) is 10.9. The molecule has 0 heterocycles. The second-order valence-corrected chi connectivity index (χ2v) is 6.92. The molecule has 0 saturated heterocycles. The Morgan fingerprint density at radius 2 is 1.53 bits per heavy atom. The highest BCUT2D eigenvalue weighted by Gasteiger charge is 2.65. The van der Waals surface area contributed by atoms with Gasteiger partial charge in [0.25, 0.3) is 0 Å². The van der Waals surface area contributed by atoms with Crippen LogP contribution in [0.4, 0.5) is 0 Å². The van der Waals surface area contributed by atoms with Gasteiger partial charge in [-0.25, -0.2) is 0 Å². The van der Waals surface area contributed by atoms with E-state index in [0.717, 1.165) is 11.8 Å². The van der Waals surface area contributed by atoms with Crippen LogP contribution in [0.2, 0.25) is 0 Å². The first-order valence-corrected chi connectivity index (χ1v) is 6.91. The van der Waals surface area contributed by atoms with Crippen LogP contribution in [0.25, 0.3) is 0 Å². The van der Waals surface area contributed by atoms with E-state index in [4.69, 9.17) is 0 Å². The summed E-state index contributed by atoms with van der Waals surface area (Å²) >= 11 is 0. The van der Waals surface area contributed by atoms with Crippen molar-refractivity contribution in [2.75, 3.05) is 0 Å². The van der Waals surface area contributed by atoms with Crippen LogP contribution in [0.1, 0.15) is 46.6 Å². The molecule has 94 valence electrons. The van der Waals surface area contributed by atoms with E-state index in [9.17, 15) is 0 Å². The summed E-state index contributed by atoms with van der Waals surface area (Å²) in [5.41, 5.74) is 2.54. The minimum Gasteiger partial charge on any atom is -0.0622 e. The van der Waals surface area contributed by atoms with Gasteiger partial charge in [0.15, 0.2) is 0 Å². The van der Waals surface area contributed by atoms with Crippen LogP contribution in [0.5, 0.6) is 0 Å². The number of aryl methyl sites for hydroxylation is 1. The van der Waals surface area contributed by atoms with Crippen LogP contribution in [0, 0.1) is 22.7 Å². The average molecular weight is 230 g/mol. The average Bonchev–Trinajstić information content (AvgIpc) is 2.68. The highest BCUT2D eigenvalue weighted by atomic mass is 14.7. The molecule has 0 aliphatic heterocycles. The van der Waals surface area contributed by atoms with Crippen molar-refractivity contribution >= 4 is 0 Å². The van der Waals surface area contributed by atoms with Crippen molar-refractivity contribution in [3.05, 3.63) is 35.9 Å². The van der Waals surface area contributed by atoms with Gasteiger partial charge in [0.05, 0.1) is 0 Å². The fourth-order valence-electron chi connectivity index (χ4n) is 3.88. The van der Waals surface area contributed by atoms with Gasteiger partial charge in [-0.15, -0.1) is 0 Å². The Morgan fingerprint density at radius 1 is 1.00 bits per heavy atom. The maximum Gasteiger partial charge on any atom is -0.0264 e. The standard InChI is InChI=1S/C17H26/c1-13(15-16(2,3)17(15,4)5)11-12-14-9-7-6-8-10-14/h6-10,13,15H,11-12H2,1-5H3. The predicted octanol–water partition coefficient (Wildman–Crippen LogP) is 4.94. The minimum atomic E-state index is 0.531. The Balaban J connectivity index is 1.90. The van der Waals surface area contributed by atoms with Crippen LogP contribution in [0.15, 0.2) is 30.3 Å². The SMILES string of the molecule is CC(CCc1ccccc1)C1C(C)(C)C1(C)C. The van der Waals surface area contributed by atoms with Gasteiger partial charge in [-0.3, -0.25) is 0 Å². The zero-order valence-electron chi connectivity index (χ0n) is 12.0. The van der Waals surface area contributed by atoms with Gasteiger partial charge < -0.3 is 0 Å². The normalized spacial score (nSPS) is 23.4. The monoisotopic (exact) mass is 230 g/mol. The molecule has 0 heteroatoms. The van der Waals surface area contributed by atoms with Gasteiger partial charge in [0.1, 0.15) is 0 Å². The number of benzene rings is 1. The molecule has 0 bridgehead atoms. The number of hydrogen-bond acceptors (Lipinski definition) is 0. The first kappa shape index (κ1) is 12.7. The molecule has 1 aliphatic rings. The molecule has 1 aromatic carbocycles. The third-order valence-electron chi connectivity index (χ3n) is 5.43. The maximum atomic E-state index is 2.43. The number of hydrogen-bond donors (Lipinski definition) is 0. The lowest BCUT2D eigenvalue weighted by molar-refractivity contribution is 0.391. The largest absolute Gasteiger partial charge is 0.0622 e. The van der Waals surface area contributed by atoms with Crippen molar-refractivity contribution in [3.63, 3.8) is 0 Å². The minimum absolute atomic E-state index is 0.531. The summed E-state index contributed by atoms with van der Waals surface area (Å²) in [6.45, 7) is 12.1. The van der Waals surface area contributed by atoms with Crippen molar-refractivity contribution < 1.29 is 0 Å². The van der Waals surface area contributed by atoms with Crippen LogP contribution < -0.4 is 0 Å². The van der Waals surface area contributed by atoms with Gasteiger partial charge in [0.2, 0.25) is 0 Å². The Bertz CT molecular complexity index is 358. The van der Waals surface area contributed by atoms with Crippen LogP contribution in [0.3, 0.4) is 0 Å². The van der Waals surface area contributed by atoms with Crippen molar-refractivity contribution in [2.24, 2.45) is 22.7 Å². The molecule has 0 nitrogen and oxygen atoms in total. The van der Waals surface area contributed by atoms with Crippen LogP contribution in [-0.2, 0) is 6.42 Å². The molecule has 1 aliphatic carbocycles. The summed E-state index contributed by atoms with van der Waals surface area (Å²) in [5.74, 6) is 1.72. The molecule has 1 atom stereocenters.